The van der Waals surface area contributed by atoms with Crippen LogP contribution >= 0.6 is 11.6 Å². The Morgan fingerprint density at radius 2 is 1.70 bits per heavy atom. The van der Waals surface area contributed by atoms with E-state index in [-0.39, 0.29) is 5.56 Å². The number of carbonyl (C=O) groups is 1. The van der Waals surface area contributed by atoms with E-state index < -0.39 is 17.0 Å². The van der Waals surface area contributed by atoms with E-state index in [1.165, 1.54) is 0 Å². The molecule has 0 radical (unpaired) electrons. The minimum Gasteiger partial charge on any atom is -0.276 e. The van der Waals surface area contributed by atoms with Gasteiger partial charge < -0.3 is 0 Å². The molecule has 2 aromatic rings. The van der Waals surface area contributed by atoms with Crippen LogP contribution in [0.25, 0.3) is 11.1 Å². The molecule has 0 aliphatic rings. The average Bonchev–Trinajstić information content (AvgIpc) is 2.38. The summed E-state index contributed by atoms with van der Waals surface area (Å²) < 4.78 is 38.7. The maximum atomic E-state index is 12.9. The highest BCUT2D eigenvalue weighted by Crippen LogP contribution is 2.36. The van der Waals surface area contributed by atoms with Gasteiger partial charge >= 0.3 is 6.18 Å². The maximum absolute atomic E-state index is 12.9. The van der Waals surface area contributed by atoms with Gasteiger partial charge in [-0.15, -0.1) is 0 Å². The standard InChI is InChI=1S/C15H10ClF3O/c1-9-12(10-5-3-2-4-6-10)7-11(15(17,18)19)8-13(9)14(16)20/h2-8H,1H3. The van der Waals surface area contributed by atoms with Crippen molar-refractivity contribution in [1.29, 1.82) is 0 Å². The molecule has 104 valence electrons. The van der Waals surface area contributed by atoms with Crippen LogP contribution in [0.2, 0.25) is 0 Å². The largest absolute Gasteiger partial charge is 0.416 e. The van der Waals surface area contributed by atoms with Crippen molar-refractivity contribution >= 4 is 16.8 Å². The Kier molecular flexibility index (Phi) is 3.86. The minimum atomic E-state index is -4.53. The summed E-state index contributed by atoms with van der Waals surface area (Å²) in [6.45, 7) is 1.58. The third-order valence-electron chi connectivity index (χ3n) is 3.03. The normalized spacial score (nSPS) is 11.4. The van der Waals surface area contributed by atoms with Gasteiger partial charge in [0.2, 0.25) is 0 Å². The number of carbonyl (C=O) groups excluding carboxylic acids is 1. The van der Waals surface area contributed by atoms with Gasteiger partial charge in [-0.25, -0.2) is 0 Å². The van der Waals surface area contributed by atoms with Gasteiger partial charge in [0.05, 0.1) is 5.56 Å². The van der Waals surface area contributed by atoms with Gasteiger partial charge in [0.15, 0.2) is 0 Å². The highest BCUT2D eigenvalue weighted by atomic mass is 35.5. The summed E-state index contributed by atoms with van der Waals surface area (Å²) in [6.07, 6.45) is -4.53. The highest BCUT2D eigenvalue weighted by molar-refractivity contribution is 6.68. The van der Waals surface area contributed by atoms with Gasteiger partial charge in [-0.2, -0.15) is 13.2 Å². The molecule has 0 aliphatic heterocycles. The van der Waals surface area contributed by atoms with Crippen molar-refractivity contribution in [2.45, 2.75) is 13.1 Å². The summed E-state index contributed by atoms with van der Waals surface area (Å²) >= 11 is 5.38. The fourth-order valence-electron chi connectivity index (χ4n) is 2.00. The van der Waals surface area contributed by atoms with Crippen molar-refractivity contribution in [3.63, 3.8) is 0 Å². The molecule has 0 aliphatic carbocycles. The van der Waals surface area contributed by atoms with Crippen molar-refractivity contribution < 1.29 is 18.0 Å². The van der Waals surface area contributed by atoms with Gasteiger partial charge in [-0.05, 0) is 47.3 Å². The molecule has 0 saturated heterocycles. The SMILES string of the molecule is Cc1c(C(=O)Cl)cc(C(F)(F)F)cc1-c1ccccc1. The molecule has 20 heavy (non-hydrogen) atoms. The predicted molar refractivity (Wildman–Crippen MR) is 71.8 cm³/mol. The number of hydrogen-bond donors (Lipinski definition) is 0. The lowest BCUT2D eigenvalue weighted by Gasteiger charge is -2.14. The van der Waals surface area contributed by atoms with Crippen LogP contribution in [0.1, 0.15) is 21.5 Å². The first kappa shape index (κ1) is 14.6. The van der Waals surface area contributed by atoms with E-state index in [4.69, 9.17) is 11.6 Å². The Labute approximate surface area is 119 Å². The van der Waals surface area contributed by atoms with Gasteiger partial charge in [-0.3, -0.25) is 4.79 Å². The molecule has 0 N–H and O–H groups in total. The molecule has 0 atom stereocenters. The van der Waals surface area contributed by atoms with Crippen molar-refractivity contribution in [1.82, 2.24) is 0 Å². The first-order chi connectivity index (χ1) is 9.30. The first-order valence-corrected chi connectivity index (χ1v) is 6.15. The second-order valence-electron chi connectivity index (χ2n) is 4.33. The Hall–Kier alpha value is -1.81. The maximum Gasteiger partial charge on any atom is 0.416 e. The second kappa shape index (κ2) is 5.29. The third-order valence-corrected chi connectivity index (χ3v) is 3.24. The molecule has 0 heterocycles. The smallest absolute Gasteiger partial charge is 0.276 e. The summed E-state index contributed by atoms with van der Waals surface area (Å²) in [5.41, 5.74) is 0.384. The zero-order valence-corrected chi connectivity index (χ0v) is 11.2. The number of benzene rings is 2. The van der Waals surface area contributed by atoms with E-state index in [1.54, 1.807) is 37.3 Å². The summed E-state index contributed by atoms with van der Waals surface area (Å²) in [5, 5.41) is -0.897. The average molecular weight is 299 g/mol. The topological polar surface area (TPSA) is 17.1 Å². The van der Waals surface area contributed by atoms with Crippen LogP contribution in [0, 0.1) is 6.92 Å². The van der Waals surface area contributed by atoms with Crippen LogP contribution < -0.4 is 0 Å². The van der Waals surface area contributed by atoms with Gasteiger partial charge in [-0.1, -0.05) is 30.3 Å². The van der Waals surface area contributed by atoms with Gasteiger partial charge in [0.1, 0.15) is 0 Å². The van der Waals surface area contributed by atoms with Crippen LogP contribution in [0.4, 0.5) is 13.2 Å². The Morgan fingerprint density at radius 3 is 2.20 bits per heavy atom. The zero-order valence-electron chi connectivity index (χ0n) is 10.5. The molecular weight excluding hydrogens is 289 g/mol. The molecule has 0 aromatic heterocycles. The van der Waals surface area contributed by atoms with E-state index in [1.807, 2.05) is 0 Å². The summed E-state index contributed by atoms with van der Waals surface area (Å²) in [4.78, 5) is 11.3. The Bertz CT molecular complexity index is 648. The third kappa shape index (κ3) is 2.85. The lowest BCUT2D eigenvalue weighted by Crippen LogP contribution is -2.08. The summed E-state index contributed by atoms with van der Waals surface area (Å²) in [7, 11) is 0. The van der Waals surface area contributed by atoms with E-state index in [2.05, 4.69) is 0 Å². The van der Waals surface area contributed by atoms with E-state index in [9.17, 15) is 18.0 Å². The molecule has 5 heteroatoms. The number of rotatable bonds is 2. The minimum absolute atomic E-state index is 0.125. The molecule has 0 fully saturated rings. The Morgan fingerprint density at radius 1 is 1.10 bits per heavy atom. The zero-order chi connectivity index (χ0) is 14.9. The first-order valence-electron chi connectivity index (χ1n) is 5.78. The van der Waals surface area contributed by atoms with E-state index in [0.29, 0.717) is 16.7 Å². The summed E-state index contributed by atoms with van der Waals surface area (Å²) in [6, 6.07) is 10.4. The molecular formula is C15H10ClF3O. The molecule has 0 saturated carbocycles. The summed E-state index contributed by atoms with van der Waals surface area (Å²) in [5.74, 6) is 0. The fourth-order valence-corrected chi connectivity index (χ4v) is 2.20. The molecule has 2 aromatic carbocycles. The van der Waals surface area contributed by atoms with Crippen LogP contribution in [-0.2, 0) is 6.18 Å². The number of halogens is 4. The van der Waals surface area contributed by atoms with Crippen molar-refractivity contribution in [2.75, 3.05) is 0 Å². The van der Waals surface area contributed by atoms with Crippen LogP contribution in [-0.4, -0.2) is 5.24 Å². The van der Waals surface area contributed by atoms with Crippen molar-refractivity contribution in [3.05, 3.63) is 59.2 Å². The van der Waals surface area contributed by atoms with Crippen LogP contribution in [0.15, 0.2) is 42.5 Å². The molecule has 0 bridgehead atoms. The molecule has 0 amide bonds. The molecule has 0 unspecified atom stereocenters. The lowest BCUT2D eigenvalue weighted by molar-refractivity contribution is -0.137. The van der Waals surface area contributed by atoms with Crippen molar-refractivity contribution in [2.24, 2.45) is 0 Å². The van der Waals surface area contributed by atoms with E-state index in [0.717, 1.165) is 12.1 Å². The van der Waals surface area contributed by atoms with E-state index >= 15 is 0 Å². The number of alkyl halides is 3. The fraction of sp³-hybridized carbons (Fsp3) is 0.133. The monoisotopic (exact) mass is 298 g/mol. The Balaban J connectivity index is 2.74. The van der Waals surface area contributed by atoms with Crippen LogP contribution in [0.5, 0.6) is 0 Å². The number of hydrogen-bond acceptors (Lipinski definition) is 1. The second-order valence-corrected chi connectivity index (χ2v) is 4.68. The predicted octanol–water partition coefficient (Wildman–Crippen LogP) is 5.06. The molecule has 2 rings (SSSR count). The van der Waals surface area contributed by atoms with Crippen molar-refractivity contribution in [3.8, 4) is 11.1 Å². The highest BCUT2D eigenvalue weighted by Gasteiger charge is 2.32. The van der Waals surface area contributed by atoms with Gasteiger partial charge in [0, 0.05) is 5.56 Å². The molecule has 0 spiro atoms. The molecule has 1 nitrogen and oxygen atoms in total. The van der Waals surface area contributed by atoms with Crippen LogP contribution in [0.3, 0.4) is 0 Å². The quantitative estimate of drug-likeness (QED) is 0.708. The van der Waals surface area contributed by atoms with Gasteiger partial charge in [0.25, 0.3) is 5.24 Å². The lowest BCUT2D eigenvalue weighted by atomic mass is 9.94.